The number of amides is 1. The summed E-state index contributed by atoms with van der Waals surface area (Å²) >= 11 is 6.31. The van der Waals surface area contributed by atoms with E-state index in [0.717, 1.165) is 5.39 Å². The first kappa shape index (κ1) is 19.7. The van der Waals surface area contributed by atoms with Crippen molar-refractivity contribution in [1.29, 1.82) is 0 Å². The zero-order chi connectivity index (χ0) is 19.8. The van der Waals surface area contributed by atoms with Crippen molar-refractivity contribution < 1.29 is 9.53 Å². The molecular weight excluding hydrogens is 366 g/mol. The third kappa shape index (κ3) is 4.28. The Morgan fingerprint density at radius 1 is 1.33 bits per heavy atom. The first-order valence-electron chi connectivity index (χ1n) is 9.19. The van der Waals surface area contributed by atoms with Gasteiger partial charge < -0.3 is 20.4 Å². The van der Waals surface area contributed by atoms with Gasteiger partial charge in [0.05, 0.1) is 11.1 Å². The lowest BCUT2D eigenvalue weighted by Gasteiger charge is -2.36. The van der Waals surface area contributed by atoms with E-state index in [1.165, 1.54) is 0 Å². The van der Waals surface area contributed by atoms with Crippen LogP contribution in [0, 0.1) is 5.41 Å². The molecule has 0 unspecified atom stereocenters. The minimum Gasteiger partial charge on any atom is -0.489 e. The third-order valence-electron chi connectivity index (χ3n) is 5.07. The number of nitrogens with two attached hydrogens (primary N) is 1. The molecule has 146 valence electrons. The maximum Gasteiger partial charge on any atom is 0.255 e. The smallest absolute Gasteiger partial charge is 0.255 e. The van der Waals surface area contributed by atoms with Crippen LogP contribution in [-0.4, -0.2) is 41.0 Å². The van der Waals surface area contributed by atoms with Crippen LogP contribution in [0.4, 0.5) is 0 Å². The summed E-state index contributed by atoms with van der Waals surface area (Å²) in [6, 6.07) is 4.73. The quantitative estimate of drug-likeness (QED) is 0.841. The van der Waals surface area contributed by atoms with Gasteiger partial charge in [0.25, 0.3) is 5.56 Å². The Morgan fingerprint density at radius 2 is 2.00 bits per heavy atom. The molecule has 27 heavy (non-hydrogen) atoms. The van der Waals surface area contributed by atoms with E-state index in [-0.39, 0.29) is 23.0 Å². The van der Waals surface area contributed by atoms with Crippen LogP contribution in [0.25, 0.3) is 10.8 Å². The molecule has 0 bridgehead atoms. The van der Waals surface area contributed by atoms with Crippen LogP contribution in [0.3, 0.4) is 0 Å². The number of benzene rings is 1. The number of hydrogen-bond donors (Lipinski definition) is 2. The summed E-state index contributed by atoms with van der Waals surface area (Å²) in [6.07, 6.45) is 3.00. The van der Waals surface area contributed by atoms with Gasteiger partial charge in [0, 0.05) is 37.5 Å². The highest BCUT2D eigenvalue weighted by Crippen LogP contribution is 2.31. The van der Waals surface area contributed by atoms with E-state index in [9.17, 15) is 9.59 Å². The number of hydrogen-bond acceptors (Lipinski definition) is 4. The zero-order valence-electron chi connectivity index (χ0n) is 15.9. The number of likely N-dealkylation sites (tertiary alicyclic amines) is 1. The molecular formula is C20H26ClN3O3. The van der Waals surface area contributed by atoms with Crippen LogP contribution < -0.4 is 16.0 Å². The van der Waals surface area contributed by atoms with E-state index in [1.54, 1.807) is 18.3 Å². The minimum atomic E-state index is -0.511. The predicted octanol–water partition coefficient (Wildman–Crippen LogP) is 2.92. The predicted molar refractivity (Wildman–Crippen MR) is 107 cm³/mol. The molecule has 2 heterocycles. The largest absolute Gasteiger partial charge is 0.489 e. The molecule has 1 aromatic heterocycles. The van der Waals surface area contributed by atoms with Crippen LogP contribution in [-0.2, 0) is 4.79 Å². The SMILES string of the molecule is CC(C)(C)[C@H](N)C(=O)N1CCC(Oc2cc3cc[nH]c(=O)c3cc2Cl)CC1. The molecule has 1 saturated heterocycles. The minimum absolute atomic E-state index is 0.0103. The van der Waals surface area contributed by atoms with Crippen molar-refractivity contribution in [3.8, 4) is 5.75 Å². The summed E-state index contributed by atoms with van der Waals surface area (Å²) in [5.74, 6) is 0.551. The number of aromatic amines is 1. The number of nitrogens with zero attached hydrogens (tertiary/aromatic N) is 1. The Kier molecular flexibility index (Phi) is 5.49. The monoisotopic (exact) mass is 391 g/mol. The second kappa shape index (κ2) is 7.52. The summed E-state index contributed by atoms with van der Waals surface area (Å²) in [4.78, 5) is 28.9. The molecule has 0 radical (unpaired) electrons. The highest BCUT2D eigenvalue weighted by Gasteiger charge is 2.33. The number of carbonyl (C=O) groups is 1. The lowest BCUT2D eigenvalue weighted by atomic mass is 9.86. The molecule has 1 atom stereocenters. The summed E-state index contributed by atoms with van der Waals surface area (Å²) in [7, 11) is 0. The molecule has 2 aromatic rings. The van der Waals surface area contributed by atoms with Crippen molar-refractivity contribution in [1.82, 2.24) is 9.88 Å². The number of piperidine rings is 1. The van der Waals surface area contributed by atoms with Crippen molar-refractivity contribution in [2.45, 2.75) is 45.8 Å². The standard InChI is InChI=1S/C20H26ClN3O3/c1-20(2,3)17(22)19(26)24-8-5-13(6-9-24)27-16-10-12-4-7-23-18(25)14(12)11-15(16)21/h4,7,10-11,13,17H,5-6,8-9,22H2,1-3H3,(H,23,25)/t17-/m1/s1. The second-order valence-corrected chi connectivity index (χ2v) is 8.57. The van der Waals surface area contributed by atoms with Crippen LogP contribution in [0.5, 0.6) is 5.75 Å². The molecule has 1 aliphatic heterocycles. The lowest BCUT2D eigenvalue weighted by Crippen LogP contribution is -2.53. The molecule has 0 spiro atoms. The Morgan fingerprint density at radius 3 is 2.63 bits per heavy atom. The lowest BCUT2D eigenvalue weighted by molar-refractivity contribution is -0.136. The summed E-state index contributed by atoms with van der Waals surface area (Å²) < 4.78 is 6.08. The molecule has 3 rings (SSSR count). The fourth-order valence-corrected chi connectivity index (χ4v) is 3.43. The van der Waals surface area contributed by atoms with Crippen LogP contribution in [0.1, 0.15) is 33.6 Å². The Hall–Kier alpha value is -2.05. The average Bonchev–Trinajstić information content (AvgIpc) is 2.62. The molecule has 1 aliphatic rings. The van der Waals surface area contributed by atoms with Crippen molar-refractivity contribution in [3.63, 3.8) is 0 Å². The van der Waals surface area contributed by atoms with Gasteiger partial charge in [-0.1, -0.05) is 32.4 Å². The number of fused-ring (bicyclic) bond motifs is 1. The van der Waals surface area contributed by atoms with Gasteiger partial charge in [-0.2, -0.15) is 0 Å². The summed E-state index contributed by atoms with van der Waals surface area (Å²) in [5.41, 5.74) is 5.66. The number of pyridine rings is 1. The van der Waals surface area contributed by atoms with Gasteiger partial charge in [-0.3, -0.25) is 9.59 Å². The van der Waals surface area contributed by atoms with E-state index in [0.29, 0.717) is 42.1 Å². The van der Waals surface area contributed by atoms with Gasteiger partial charge in [-0.25, -0.2) is 0 Å². The average molecular weight is 392 g/mol. The van der Waals surface area contributed by atoms with E-state index < -0.39 is 6.04 Å². The first-order chi connectivity index (χ1) is 12.7. The van der Waals surface area contributed by atoms with Crippen LogP contribution in [0.15, 0.2) is 29.2 Å². The van der Waals surface area contributed by atoms with E-state index in [2.05, 4.69) is 4.98 Å². The molecule has 0 saturated carbocycles. The van der Waals surface area contributed by atoms with Gasteiger partial charge >= 0.3 is 0 Å². The highest BCUT2D eigenvalue weighted by atomic mass is 35.5. The fraction of sp³-hybridized carbons (Fsp3) is 0.500. The highest BCUT2D eigenvalue weighted by molar-refractivity contribution is 6.32. The number of nitrogens with one attached hydrogen (secondary N) is 1. The zero-order valence-corrected chi connectivity index (χ0v) is 16.7. The molecule has 3 N–H and O–H groups in total. The van der Waals surface area contributed by atoms with Crippen molar-refractivity contribution in [3.05, 3.63) is 39.8 Å². The van der Waals surface area contributed by atoms with Gasteiger partial charge in [-0.05, 0) is 29.0 Å². The molecule has 6 nitrogen and oxygen atoms in total. The topological polar surface area (TPSA) is 88.4 Å². The molecule has 1 fully saturated rings. The van der Waals surface area contributed by atoms with E-state index in [1.807, 2.05) is 31.7 Å². The Labute approximate surface area is 163 Å². The number of rotatable bonds is 3. The van der Waals surface area contributed by atoms with Crippen LogP contribution >= 0.6 is 11.6 Å². The molecule has 7 heteroatoms. The number of halogens is 1. The van der Waals surface area contributed by atoms with Crippen molar-refractivity contribution in [2.75, 3.05) is 13.1 Å². The molecule has 0 aliphatic carbocycles. The number of aromatic nitrogens is 1. The summed E-state index contributed by atoms with van der Waals surface area (Å²) in [6.45, 7) is 7.13. The first-order valence-corrected chi connectivity index (χ1v) is 9.56. The van der Waals surface area contributed by atoms with Crippen molar-refractivity contribution >= 4 is 28.3 Å². The number of H-pyrrole nitrogens is 1. The Bertz CT molecular complexity index is 895. The van der Waals surface area contributed by atoms with Gasteiger partial charge in [0.1, 0.15) is 11.9 Å². The van der Waals surface area contributed by atoms with Crippen molar-refractivity contribution in [2.24, 2.45) is 11.1 Å². The van der Waals surface area contributed by atoms with Gasteiger partial charge in [0.2, 0.25) is 5.91 Å². The van der Waals surface area contributed by atoms with Crippen LogP contribution in [0.2, 0.25) is 5.02 Å². The fourth-order valence-electron chi connectivity index (χ4n) is 3.22. The molecule has 1 amide bonds. The van der Waals surface area contributed by atoms with Gasteiger partial charge in [-0.15, -0.1) is 0 Å². The maximum atomic E-state index is 12.5. The van der Waals surface area contributed by atoms with E-state index in [4.69, 9.17) is 22.1 Å². The second-order valence-electron chi connectivity index (χ2n) is 8.16. The normalized spacial score (nSPS) is 17.1. The van der Waals surface area contributed by atoms with Gasteiger partial charge in [0.15, 0.2) is 0 Å². The number of ether oxygens (including phenoxy) is 1. The number of carbonyl (C=O) groups excluding carboxylic acids is 1. The summed E-state index contributed by atoms with van der Waals surface area (Å²) in [5, 5.41) is 1.72. The maximum absolute atomic E-state index is 12.5. The Balaban J connectivity index is 1.66. The molecule has 1 aromatic carbocycles. The van der Waals surface area contributed by atoms with E-state index >= 15 is 0 Å². The third-order valence-corrected chi connectivity index (χ3v) is 5.37.